The summed E-state index contributed by atoms with van der Waals surface area (Å²) in [6.45, 7) is 10.1. The summed E-state index contributed by atoms with van der Waals surface area (Å²) in [5.41, 5.74) is 0.424. The molecule has 3 heteroatoms. The minimum Gasteiger partial charge on any atom is -0.478 e. The fourth-order valence-corrected chi connectivity index (χ4v) is 0.617. The zero-order valence-electron chi connectivity index (χ0n) is 10.0. The molecule has 0 aromatic heterocycles. The molecule has 0 unspecified atom stereocenters. The molecule has 0 aliphatic rings. The summed E-state index contributed by atoms with van der Waals surface area (Å²) >= 11 is 0. The van der Waals surface area contributed by atoms with E-state index in [4.69, 9.17) is 5.11 Å². The summed E-state index contributed by atoms with van der Waals surface area (Å²) in [6, 6.07) is 0. The molecule has 0 rings (SSSR count). The van der Waals surface area contributed by atoms with Gasteiger partial charge in [0.05, 0.1) is 0 Å². The summed E-state index contributed by atoms with van der Waals surface area (Å²) in [7, 11) is 2.11. The highest BCUT2D eigenvalue weighted by Crippen LogP contribution is 1.92. The Balaban J connectivity index is 0. The lowest BCUT2D eigenvalue weighted by Crippen LogP contribution is -2.15. The predicted molar refractivity (Wildman–Crippen MR) is 60.5 cm³/mol. The first-order valence-electron chi connectivity index (χ1n) is 5.08. The van der Waals surface area contributed by atoms with Crippen LogP contribution in [-0.4, -0.2) is 36.1 Å². The van der Waals surface area contributed by atoms with Crippen LogP contribution in [0.3, 0.4) is 0 Å². The Bertz CT molecular complexity index is 172. The fourth-order valence-electron chi connectivity index (χ4n) is 0.617. The maximum atomic E-state index is 10.0. The van der Waals surface area contributed by atoms with E-state index < -0.39 is 5.97 Å². The maximum Gasteiger partial charge on any atom is 0.330 e. The van der Waals surface area contributed by atoms with Crippen molar-refractivity contribution in [3.8, 4) is 0 Å². The number of carbonyl (C=O) groups is 1. The Hall–Kier alpha value is -0.830. The summed E-state index contributed by atoms with van der Waals surface area (Å²) in [4.78, 5) is 12.3. The molecule has 0 spiro atoms. The number of hydrogen-bond acceptors (Lipinski definition) is 2. The first-order chi connectivity index (χ1) is 6.49. The number of carboxylic acids is 1. The van der Waals surface area contributed by atoms with Crippen LogP contribution >= 0.6 is 0 Å². The van der Waals surface area contributed by atoms with Crippen LogP contribution in [0.25, 0.3) is 0 Å². The average Bonchev–Trinajstić information content (AvgIpc) is 2.18. The van der Waals surface area contributed by atoms with Crippen molar-refractivity contribution in [2.75, 3.05) is 20.1 Å². The van der Waals surface area contributed by atoms with Gasteiger partial charge in [-0.1, -0.05) is 26.8 Å². The Morgan fingerprint density at radius 3 is 1.79 bits per heavy atom. The van der Waals surface area contributed by atoms with Gasteiger partial charge in [-0.25, -0.2) is 4.79 Å². The molecule has 3 nitrogen and oxygen atoms in total. The number of rotatable bonds is 4. The molecule has 1 N–H and O–H groups in total. The van der Waals surface area contributed by atoms with Crippen molar-refractivity contribution in [3.63, 3.8) is 0 Å². The minimum atomic E-state index is -0.827. The summed E-state index contributed by atoms with van der Waals surface area (Å²) < 4.78 is 0. The highest BCUT2D eigenvalue weighted by molar-refractivity contribution is 5.85. The van der Waals surface area contributed by atoms with Crippen LogP contribution in [0.1, 0.15) is 34.1 Å². The van der Waals surface area contributed by atoms with Gasteiger partial charge in [0.1, 0.15) is 0 Å². The molecule has 0 saturated carbocycles. The minimum absolute atomic E-state index is 0.424. The van der Waals surface area contributed by atoms with Crippen molar-refractivity contribution in [3.05, 3.63) is 11.6 Å². The van der Waals surface area contributed by atoms with Crippen molar-refractivity contribution in [2.45, 2.75) is 34.1 Å². The average molecular weight is 201 g/mol. The Kier molecular flexibility index (Phi) is 11.4. The number of nitrogens with zero attached hydrogens (tertiary/aromatic N) is 1. The summed E-state index contributed by atoms with van der Waals surface area (Å²) in [5, 5.41) is 8.24. The van der Waals surface area contributed by atoms with Crippen molar-refractivity contribution in [1.29, 1.82) is 0 Å². The molecule has 0 bridgehead atoms. The Morgan fingerprint density at radius 2 is 1.71 bits per heavy atom. The van der Waals surface area contributed by atoms with E-state index in [1.165, 1.54) is 0 Å². The van der Waals surface area contributed by atoms with Crippen molar-refractivity contribution >= 4 is 5.97 Å². The number of hydrogen-bond donors (Lipinski definition) is 1. The normalized spacial score (nSPS) is 10.9. The fraction of sp³-hybridized carbons (Fsp3) is 0.727. The lowest BCUT2D eigenvalue weighted by Gasteiger charge is -2.07. The first kappa shape index (κ1) is 15.6. The number of aliphatic carboxylic acids is 1. The van der Waals surface area contributed by atoms with E-state index in [1.54, 1.807) is 13.0 Å². The molecule has 0 amide bonds. The van der Waals surface area contributed by atoms with Crippen molar-refractivity contribution in [1.82, 2.24) is 4.90 Å². The van der Waals surface area contributed by atoms with Crippen LogP contribution in [0.5, 0.6) is 0 Å². The monoisotopic (exact) mass is 201 g/mol. The SMILES string of the molecule is CCC=C(C)C(=O)O.CCN(C)CC. The number of carboxylic acid groups (broad SMARTS) is 1. The first-order valence-corrected chi connectivity index (χ1v) is 5.08. The third-order valence-electron chi connectivity index (χ3n) is 1.93. The smallest absolute Gasteiger partial charge is 0.330 e. The van der Waals surface area contributed by atoms with Crippen molar-refractivity contribution in [2.24, 2.45) is 0 Å². The van der Waals surface area contributed by atoms with E-state index in [0.717, 1.165) is 19.5 Å². The molecule has 0 radical (unpaired) electrons. The molecular formula is C11H23NO2. The Labute approximate surface area is 87.4 Å². The molecule has 14 heavy (non-hydrogen) atoms. The molecule has 0 heterocycles. The van der Waals surface area contributed by atoms with Crippen LogP contribution in [0.15, 0.2) is 11.6 Å². The van der Waals surface area contributed by atoms with Gasteiger partial charge in [-0.15, -0.1) is 0 Å². The highest BCUT2D eigenvalue weighted by atomic mass is 16.4. The van der Waals surface area contributed by atoms with E-state index in [0.29, 0.717) is 5.57 Å². The molecule has 0 fully saturated rings. The zero-order valence-corrected chi connectivity index (χ0v) is 10.0. The Morgan fingerprint density at radius 1 is 1.29 bits per heavy atom. The standard InChI is InChI=1S/C6H10O2.C5H13N/c1-3-4-5(2)6(7)8;1-4-6(3)5-2/h4H,3H2,1-2H3,(H,7,8);4-5H2,1-3H3. The quantitative estimate of drug-likeness (QED) is 0.710. The van der Waals surface area contributed by atoms with Crippen LogP contribution < -0.4 is 0 Å². The third-order valence-corrected chi connectivity index (χ3v) is 1.93. The molecule has 0 aliphatic heterocycles. The van der Waals surface area contributed by atoms with Gasteiger partial charge in [-0.2, -0.15) is 0 Å². The van der Waals surface area contributed by atoms with E-state index in [-0.39, 0.29) is 0 Å². The van der Waals surface area contributed by atoms with E-state index in [1.807, 2.05) is 6.92 Å². The van der Waals surface area contributed by atoms with Gasteiger partial charge in [0.25, 0.3) is 0 Å². The molecular weight excluding hydrogens is 178 g/mol. The molecule has 0 saturated heterocycles. The van der Waals surface area contributed by atoms with Gasteiger partial charge in [-0.05, 0) is 33.5 Å². The van der Waals surface area contributed by atoms with Gasteiger partial charge < -0.3 is 10.0 Å². The lowest BCUT2D eigenvalue weighted by molar-refractivity contribution is -0.132. The second-order valence-electron chi connectivity index (χ2n) is 3.09. The van der Waals surface area contributed by atoms with Gasteiger partial charge in [0.15, 0.2) is 0 Å². The second kappa shape index (κ2) is 10.3. The van der Waals surface area contributed by atoms with Gasteiger partial charge in [0.2, 0.25) is 0 Å². The molecule has 0 aromatic carbocycles. The number of allylic oxidation sites excluding steroid dienone is 1. The topological polar surface area (TPSA) is 40.5 Å². The van der Waals surface area contributed by atoms with E-state index in [9.17, 15) is 4.79 Å². The predicted octanol–water partition coefficient (Wildman–Crippen LogP) is 2.39. The molecule has 0 aromatic rings. The summed E-state index contributed by atoms with van der Waals surface area (Å²) in [6.07, 6.45) is 2.47. The maximum absolute atomic E-state index is 10.0. The van der Waals surface area contributed by atoms with Gasteiger partial charge in [0, 0.05) is 5.57 Å². The van der Waals surface area contributed by atoms with Crippen LogP contribution in [0.2, 0.25) is 0 Å². The van der Waals surface area contributed by atoms with Gasteiger partial charge in [-0.3, -0.25) is 0 Å². The molecule has 0 aliphatic carbocycles. The molecule has 84 valence electrons. The van der Waals surface area contributed by atoms with Crippen LogP contribution in [0.4, 0.5) is 0 Å². The largest absolute Gasteiger partial charge is 0.478 e. The van der Waals surface area contributed by atoms with Crippen molar-refractivity contribution < 1.29 is 9.90 Å². The lowest BCUT2D eigenvalue weighted by atomic mass is 10.2. The zero-order chi connectivity index (χ0) is 11.6. The highest BCUT2D eigenvalue weighted by Gasteiger charge is 1.94. The summed E-state index contributed by atoms with van der Waals surface area (Å²) in [5.74, 6) is -0.827. The van der Waals surface area contributed by atoms with Gasteiger partial charge >= 0.3 is 5.97 Å². The third kappa shape index (κ3) is 11.2. The van der Waals surface area contributed by atoms with Crippen LogP contribution in [-0.2, 0) is 4.79 Å². The van der Waals surface area contributed by atoms with E-state index >= 15 is 0 Å². The van der Waals surface area contributed by atoms with E-state index in [2.05, 4.69) is 25.8 Å². The second-order valence-corrected chi connectivity index (χ2v) is 3.09. The van der Waals surface area contributed by atoms with Crippen LogP contribution in [0, 0.1) is 0 Å². The molecule has 0 atom stereocenters.